The topological polar surface area (TPSA) is 153 Å². The zero-order valence-corrected chi connectivity index (χ0v) is 29.9. The summed E-state index contributed by atoms with van der Waals surface area (Å²) in [5, 5.41) is 15.0. The minimum Gasteiger partial charge on any atom is -0.462 e. The molecule has 13 heteroatoms. The van der Waals surface area contributed by atoms with Crippen LogP contribution in [0.1, 0.15) is 51.2 Å². The predicted octanol–water partition coefficient (Wildman–Crippen LogP) is 6.16. The number of ether oxygens (including phenoxy) is 4. The molecule has 4 bridgehead atoms. The molecule has 3 heterocycles. The molecule has 2 fully saturated rings. The minimum absolute atomic E-state index is 0.0777. The Morgan fingerprint density at radius 2 is 1.92 bits per heavy atom. The van der Waals surface area contributed by atoms with E-state index in [9.17, 15) is 19.5 Å². The predicted molar refractivity (Wildman–Crippen MR) is 188 cm³/mol. The fourth-order valence-corrected chi connectivity index (χ4v) is 7.27. The average Bonchev–Trinajstić information content (AvgIpc) is 3.72. The molecule has 2 saturated heterocycles. The van der Waals surface area contributed by atoms with Gasteiger partial charge in [0.2, 0.25) is 5.91 Å². The average molecular weight is 717 g/mol. The van der Waals surface area contributed by atoms with Gasteiger partial charge in [-0.3, -0.25) is 14.9 Å². The molecule has 0 aromatic heterocycles. The smallest absolute Gasteiger partial charge is 0.412 e. The Balaban J connectivity index is 1.53. The summed E-state index contributed by atoms with van der Waals surface area (Å²) in [7, 11) is 3.10. The third-order valence-electron chi connectivity index (χ3n) is 9.68. The van der Waals surface area contributed by atoms with Crippen LogP contribution < -0.4 is 16.0 Å². The number of aryl methyl sites for hydroxylation is 1. The number of nitrogen functional groups attached to an aromatic ring is 1. The number of benzene rings is 2. The van der Waals surface area contributed by atoms with Crippen molar-refractivity contribution < 1.29 is 38.4 Å². The number of hydrogen-bond acceptors (Lipinski definition) is 9. The maximum absolute atomic E-state index is 14.0. The van der Waals surface area contributed by atoms with Gasteiger partial charge in [-0.2, -0.15) is 0 Å². The maximum atomic E-state index is 14.0. The lowest BCUT2D eigenvalue weighted by Crippen LogP contribution is -2.53. The number of anilines is 3. The number of fused-ring (bicyclic) bond motifs is 5. The number of epoxide rings is 1. The van der Waals surface area contributed by atoms with E-state index in [1.165, 1.54) is 18.1 Å². The minimum atomic E-state index is -1.55. The van der Waals surface area contributed by atoms with Crippen LogP contribution in [0, 0.1) is 12.8 Å². The van der Waals surface area contributed by atoms with Gasteiger partial charge in [0.25, 0.3) is 0 Å². The van der Waals surface area contributed by atoms with Gasteiger partial charge >= 0.3 is 12.1 Å². The Morgan fingerprint density at radius 1 is 1.18 bits per heavy atom. The Labute approximate surface area is 296 Å². The number of aliphatic hydroxyl groups is 1. The molecule has 2 aromatic carbocycles. The van der Waals surface area contributed by atoms with E-state index in [2.05, 4.69) is 5.32 Å². The Morgan fingerprint density at radius 3 is 2.61 bits per heavy atom. The van der Waals surface area contributed by atoms with Crippen LogP contribution in [0.3, 0.4) is 0 Å². The number of nitrogens with one attached hydrogen (secondary N) is 1. The third kappa shape index (κ3) is 7.91. The van der Waals surface area contributed by atoms with Gasteiger partial charge in [-0.15, -0.1) is 0 Å². The van der Waals surface area contributed by atoms with Gasteiger partial charge < -0.3 is 34.7 Å². The summed E-state index contributed by atoms with van der Waals surface area (Å²) in [5.74, 6) is -1.41. The molecule has 0 unspecified atom stereocenters. The Hall–Kier alpha value is -3.61. The largest absolute Gasteiger partial charge is 0.462 e. The van der Waals surface area contributed by atoms with E-state index in [0.29, 0.717) is 22.8 Å². The lowest BCUT2D eigenvalue weighted by Gasteiger charge is -2.41. The lowest BCUT2D eigenvalue weighted by molar-refractivity contribution is -0.187. The second kappa shape index (κ2) is 14.3. The van der Waals surface area contributed by atoms with E-state index in [-0.39, 0.29) is 35.9 Å². The highest BCUT2D eigenvalue weighted by molar-refractivity contribution is 6.34. The first-order valence-corrected chi connectivity index (χ1v) is 16.8. The molecule has 49 heavy (non-hydrogen) atoms. The number of esters is 1. The number of methoxy groups -OCH3 is 1. The van der Waals surface area contributed by atoms with Crippen molar-refractivity contribution in [2.45, 2.75) is 89.0 Å². The zero-order chi connectivity index (χ0) is 35.8. The third-order valence-corrected chi connectivity index (χ3v) is 10.5. The van der Waals surface area contributed by atoms with Gasteiger partial charge in [0, 0.05) is 32.2 Å². The van der Waals surface area contributed by atoms with Crippen LogP contribution in [0.25, 0.3) is 0 Å². The molecule has 2 amide bonds. The second-order valence-electron chi connectivity index (χ2n) is 13.5. The van der Waals surface area contributed by atoms with E-state index < -0.39 is 53.6 Å². The molecule has 2 aromatic rings. The number of allylic oxidation sites excluding steroid dienone is 3. The van der Waals surface area contributed by atoms with Crippen LogP contribution in [0.15, 0.2) is 54.1 Å². The normalized spacial score (nSPS) is 32.3. The van der Waals surface area contributed by atoms with Crippen LogP contribution in [0.4, 0.5) is 21.9 Å². The van der Waals surface area contributed by atoms with E-state index in [0.717, 1.165) is 16.7 Å². The van der Waals surface area contributed by atoms with Gasteiger partial charge in [-0.05, 0) is 62.6 Å². The molecular formula is C36H43Cl2N3O8. The van der Waals surface area contributed by atoms with Gasteiger partial charge in [0.1, 0.15) is 29.5 Å². The number of carbonyl (C=O) groups is 3. The van der Waals surface area contributed by atoms with Crippen molar-refractivity contribution in [2.24, 2.45) is 5.92 Å². The van der Waals surface area contributed by atoms with Gasteiger partial charge in [0.05, 0.1) is 40.4 Å². The first-order valence-electron chi connectivity index (χ1n) is 16.1. The maximum Gasteiger partial charge on any atom is 0.412 e. The summed E-state index contributed by atoms with van der Waals surface area (Å²) in [5.41, 5.74) is 7.00. The number of rotatable bonds is 3. The zero-order valence-electron chi connectivity index (χ0n) is 28.4. The molecule has 4 N–H and O–H groups in total. The Kier molecular flexibility index (Phi) is 10.7. The highest BCUT2D eigenvalue weighted by Crippen LogP contribution is 2.49. The first kappa shape index (κ1) is 36.7. The number of amides is 2. The van der Waals surface area contributed by atoms with Crippen molar-refractivity contribution in [1.29, 1.82) is 0 Å². The van der Waals surface area contributed by atoms with Crippen molar-refractivity contribution in [3.63, 3.8) is 0 Å². The molecular weight excluding hydrogens is 673 g/mol. The molecule has 5 rings (SSSR count). The van der Waals surface area contributed by atoms with Crippen molar-refractivity contribution in [3.05, 3.63) is 75.3 Å². The summed E-state index contributed by atoms with van der Waals surface area (Å²) in [4.78, 5) is 41.6. The Bertz CT molecular complexity index is 1700. The molecule has 0 radical (unpaired) electrons. The molecule has 3 aliphatic heterocycles. The highest BCUT2D eigenvalue weighted by Gasteiger charge is 2.64. The summed E-state index contributed by atoms with van der Waals surface area (Å²) in [6.45, 7) is 7.41. The van der Waals surface area contributed by atoms with Crippen LogP contribution in [0.5, 0.6) is 0 Å². The van der Waals surface area contributed by atoms with Crippen LogP contribution >= 0.6 is 23.2 Å². The fraction of sp³-hybridized carbons (Fsp3) is 0.472. The fourth-order valence-electron chi connectivity index (χ4n) is 6.80. The van der Waals surface area contributed by atoms with Crippen molar-refractivity contribution in [2.75, 3.05) is 30.1 Å². The second-order valence-corrected chi connectivity index (χ2v) is 14.3. The first-order chi connectivity index (χ1) is 23.0. The van der Waals surface area contributed by atoms with Crippen molar-refractivity contribution in [3.8, 4) is 0 Å². The lowest BCUT2D eigenvalue weighted by atomic mass is 9.78. The number of nitrogens with zero attached hydrogens (tertiary/aromatic N) is 1. The molecule has 0 spiro atoms. The van der Waals surface area contributed by atoms with Crippen LogP contribution in [0.2, 0.25) is 10.0 Å². The summed E-state index contributed by atoms with van der Waals surface area (Å²) >= 11 is 13.0. The summed E-state index contributed by atoms with van der Waals surface area (Å²) in [6.07, 6.45) is 1.45. The number of carbonyl (C=O) groups excluding carboxylic acids is 3. The van der Waals surface area contributed by atoms with Crippen LogP contribution in [-0.4, -0.2) is 72.9 Å². The molecule has 11 nitrogen and oxygen atoms in total. The highest BCUT2D eigenvalue weighted by atomic mass is 35.5. The van der Waals surface area contributed by atoms with Gasteiger partial charge in [0.15, 0.2) is 0 Å². The number of halogens is 2. The number of nitrogens with two attached hydrogens (primary N) is 1. The molecule has 0 saturated carbocycles. The molecule has 264 valence electrons. The summed E-state index contributed by atoms with van der Waals surface area (Å²) < 4.78 is 23.6. The molecule has 0 aliphatic carbocycles. The van der Waals surface area contributed by atoms with Crippen molar-refractivity contribution >= 4 is 58.2 Å². The van der Waals surface area contributed by atoms with E-state index in [1.807, 2.05) is 39.0 Å². The monoisotopic (exact) mass is 715 g/mol. The quantitative estimate of drug-likeness (QED) is 0.193. The SMILES string of the molecule is CO[C@@H]1/C=C/C=C(\C)Cc2cc(C)c(Cl)c(c2)N(C)C(=O)C[C@H](OC(=O)Nc2ccc(N)cc2Cl)[C@]2(C)O[C@H]2[C@H](C)[C@@H]2C[C@@]1(O)CC(=O)O2. The number of hydrogen-bond donors (Lipinski definition) is 3. The standard InChI is InChI=1S/C36H43Cl2N3O8/c1-19-8-7-9-28(46-6)36(45)17-27(47-31(43)18-36)21(3)33-35(4,49-33)29(48-34(44)40-25-11-10-23(39)15-24(25)37)16-30(42)41(5)26-14-22(12-19)13-20(2)32(26)38/h7-11,13-15,21,27-29,33,45H,12,16-18,39H2,1-6H3,(H,40,44)/b9-7+,19-8+/t21-,27+,28-,29+,33+,35+,36-/m1/s1. The van der Waals surface area contributed by atoms with E-state index >= 15 is 0 Å². The molecule has 7 atom stereocenters. The van der Waals surface area contributed by atoms with E-state index in [1.54, 1.807) is 38.3 Å². The van der Waals surface area contributed by atoms with E-state index in [4.69, 9.17) is 47.9 Å². The summed E-state index contributed by atoms with van der Waals surface area (Å²) in [6, 6.07) is 8.44. The van der Waals surface area contributed by atoms with Gasteiger partial charge in [-0.25, -0.2) is 4.79 Å². The van der Waals surface area contributed by atoms with Crippen molar-refractivity contribution in [1.82, 2.24) is 0 Å². The molecule has 3 aliphatic rings. The van der Waals surface area contributed by atoms with Crippen LogP contribution in [-0.2, 0) is 35.0 Å². The van der Waals surface area contributed by atoms with Gasteiger partial charge in [-0.1, -0.05) is 60.0 Å².